The molecule has 142 valence electrons. The molecule has 0 bridgehead atoms. The second kappa shape index (κ2) is 7.73. The van der Waals surface area contributed by atoms with Crippen LogP contribution in [0.4, 0.5) is 5.69 Å². The molecule has 9 heteroatoms. The Labute approximate surface area is 164 Å². The molecule has 0 saturated heterocycles. The quantitative estimate of drug-likeness (QED) is 0.502. The third-order valence-corrected chi connectivity index (χ3v) is 5.08. The second-order valence-electron chi connectivity index (χ2n) is 5.83. The van der Waals surface area contributed by atoms with Crippen LogP contribution in [0.25, 0.3) is 16.7 Å². The summed E-state index contributed by atoms with van der Waals surface area (Å²) < 4.78 is 12.4. The van der Waals surface area contributed by atoms with Crippen molar-refractivity contribution in [2.75, 3.05) is 25.3 Å². The highest BCUT2D eigenvalue weighted by molar-refractivity contribution is 8.00. The summed E-state index contributed by atoms with van der Waals surface area (Å²) in [5, 5.41) is 11.6. The molecule has 0 saturated carbocycles. The molecule has 2 heterocycles. The van der Waals surface area contributed by atoms with Crippen LogP contribution in [-0.2, 0) is 4.79 Å². The number of carbonyl (C=O) groups is 1. The van der Waals surface area contributed by atoms with Gasteiger partial charge in [0.1, 0.15) is 22.9 Å². The SMILES string of the molecule is COc1ccc(NC(=O)CSc2nc3ccccc3n3cnnc23)c(OC)c1. The van der Waals surface area contributed by atoms with Crippen molar-refractivity contribution in [3.05, 3.63) is 48.8 Å². The maximum Gasteiger partial charge on any atom is 0.234 e. The Hall–Kier alpha value is -3.33. The van der Waals surface area contributed by atoms with Crippen LogP contribution >= 0.6 is 11.8 Å². The van der Waals surface area contributed by atoms with E-state index in [1.807, 2.05) is 28.7 Å². The molecular weight excluding hydrogens is 378 g/mol. The minimum absolute atomic E-state index is 0.170. The minimum Gasteiger partial charge on any atom is -0.497 e. The van der Waals surface area contributed by atoms with E-state index < -0.39 is 0 Å². The van der Waals surface area contributed by atoms with E-state index in [-0.39, 0.29) is 11.7 Å². The molecule has 2 aromatic heterocycles. The fourth-order valence-corrected chi connectivity index (χ4v) is 3.57. The van der Waals surface area contributed by atoms with Gasteiger partial charge in [0.15, 0.2) is 5.65 Å². The number of fused-ring (bicyclic) bond motifs is 3. The largest absolute Gasteiger partial charge is 0.497 e. The zero-order chi connectivity index (χ0) is 19.5. The molecule has 4 aromatic rings. The number of hydrogen-bond donors (Lipinski definition) is 1. The highest BCUT2D eigenvalue weighted by Gasteiger charge is 2.14. The van der Waals surface area contributed by atoms with Crippen molar-refractivity contribution in [1.29, 1.82) is 0 Å². The Kier molecular flexibility index (Phi) is 4.98. The molecule has 1 amide bonds. The average molecular weight is 395 g/mol. The van der Waals surface area contributed by atoms with Crippen molar-refractivity contribution in [3.63, 3.8) is 0 Å². The highest BCUT2D eigenvalue weighted by atomic mass is 32.2. The normalized spacial score (nSPS) is 10.9. The van der Waals surface area contributed by atoms with Gasteiger partial charge in [-0.1, -0.05) is 23.9 Å². The van der Waals surface area contributed by atoms with Gasteiger partial charge in [0.25, 0.3) is 0 Å². The number of carbonyl (C=O) groups excluding carboxylic acids is 1. The molecule has 0 aliphatic rings. The fourth-order valence-electron chi connectivity index (χ4n) is 2.80. The minimum atomic E-state index is -0.180. The zero-order valence-electron chi connectivity index (χ0n) is 15.2. The Bertz CT molecular complexity index is 1160. The van der Waals surface area contributed by atoms with E-state index in [0.717, 1.165) is 11.0 Å². The molecule has 28 heavy (non-hydrogen) atoms. The van der Waals surface area contributed by atoms with Gasteiger partial charge in [-0.2, -0.15) is 0 Å². The monoisotopic (exact) mass is 395 g/mol. The number of anilines is 1. The molecule has 0 atom stereocenters. The van der Waals surface area contributed by atoms with Gasteiger partial charge in [-0.15, -0.1) is 10.2 Å². The lowest BCUT2D eigenvalue weighted by Gasteiger charge is -2.11. The summed E-state index contributed by atoms with van der Waals surface area (Å²) in [7, 11) is 3.12. The number of aromatic nitrogens is 4. The van der Waals surface area contributed by atoms with Crippen molar-refractivity contribution >= 4 is 40.0 Å². The smallest absolute Gasteiger partial charge is 0.234 e. The van der Waals surface area contributed by atoms with E-state index in [2.05, 4.69) is 20.5 Å². The third-order valence-electron chi connectivity index (χ3n) is 4.13. The van der Waals surface area contributed by atoms with Crippen LogP contribution < -0.4 is 14.8 Å². The Morgan fingerprint density at radius 3 is 2.86 bits per heavy atom. The lowest BCUT2D eigenvalue weighted by Crippen LogP contribution is -2.15. The first-order valence-corrected chi connectivity index (χ1v) is 9.41. The second-order valence-corrected chi connectivity index (χ2v) is 6.80. The lowest BCUT2D eigenvalue weighted by molar-refractivity contribution is -0.113. The summed E-state index contributed by atoms with van der Waals surface area (Å²) >= 11 is 1.31. The molecule has 0 spiro atoms. The van der Waals surface area contributed by atoms with Crippen molar-refractivity contribution < 1.29 is 14.3 Å². The number of rotatable bonds is 6. The summed E-state index contributed by atoms with van der Waals surface area (Å²) in [5.41, 5.74) is 2.93. The first kappa shape index (κ1) is 18.1. The van der Waals surface area contributed by atoms with Crippen LogP contribution in [0.5, 0.6) is 11.5 Å². The summed E-state index contributed by atoms with van der Waals surface area (Å²) in [6.45, 7) is 0. The van der Waals surface area contributed by atoms with Crippen LogP contribution in [0.1, 0.15) is 0 Å². The summed E-state index contributed by atoms with van der Waals surface area (Å²) in [4.78, 5) is 17.1. The first-order chi connectivity index (χ1) is 13.7. The molecule has 0 unspecified atom stereocenters. The molecular formula is C19H17N5O3S. The van der Waals surface area contributed by atoms with Gasteiger partial charge in [-0.25, -0.2) is 4.98 Å². The molecule has 0 aliphatic carbocycles. The number of thioether (sulfide) groups is 1. The number of benzene rings is 2. The Morgan fingerprint density at radius 1 is 1.18 bits per heavy atom. The van der Waals surface area contributed by atoms with Crippen LogP contribution in [-0.4, -0.2) is 45.5 Å². The van der Waals surface area contributed by atoms with Gasteiger partial charge < -0.3 is 14.8 Å². The van der Waals surface area contributed by atoms with E-state index in [1.54, 1.807) is 38.7 Å². The van der Waals surface area contributed by atoms with E-state index in [0.29, 0.717) is 27.9 Å². The number of para-hydroxylation sites is 2. The molecule has 8 nitrogen and oxygen atoms in total. The van der Waals surface area contributed by atoms with Gasteiger partial charge in [0.2, 0.25) is 5.91 Å². The Morgan fingerprint density at radius 2 is 2.04 bits per heavy atom. The highest BCUT2D eigenvalue weighted by Crippen LogP contribution is 2.30. The zero-order valence-corrected chi connectivity index (χ0v) is 16.1. The molecule has 1 N–H and O–H groups in total. The van der Waals surface area contributed by atoms with Gasteiger partial charge in [0, 0.05) is 6.07 Å². The van der Waals surface area contributed by atoms with Crippen LogP contribution in [0, 0.1) is 0 Å². The van der Waals surface area contributed by atoms with E-state index >= 15 is 0 Å². The molecule has 4 rings (SSSR count). The Balaban J connectivity index is 1.53. The van der Waals surface area contributed by atoms with Gasteiger partial charge in [-0.3, -0.25) is 9.20 Å². The van der Waals surface area contributed by atoms with E-state index in [4.69, 9.17) is 9.47 Å². The van der Waals surface area contributed by atoms with Crippen LogP contribution in [0.3, 0.4) is 0 Å². The third kappa shape index (κ3) is 3.44. The number of nitrogens with one attached hydrogen (secondary N) is 1. The number of nitrogens with zero attached hydrogens (tertiary/aromatic N) is 4. The van der Waals surface area contributed by atoms with Crippen molar-refractivity contribution in [3.8, 4) is 11.5 Å². The summed E-state index contributed by atoms with van der Waals surface area (Å²) in [6.07, 6.45) is 1.64. The average Bonchev–Trinajstić information content (AvgIpc) is 3.22. The van der Waals surface area contributed by atoms with Crippen LogP contribution in [0.2, 0.25) is 0 Å². The van der Waals surface area contributed by atoms with Gasteiger partial charge in [0.05, 0.1) is 36.7 Å². The van der Waals surface area contributed by atoms with Crippen LogP contribution in [0.15, 0.2) is 53.8 Å². The van der Waals surface area contributed by atoms with Crippen molar-refractivity contribution in [2.24, 2.45) is 0 Å². The number of hydrogen-bond acceptors (Lipinski definition) is 7. The van der Waals surface area contributed by atoms with Gasteiger partial charge >= 0.3 is 0 Å². The van der Waals surface area contributed by atoms with Crippen molar-refractivity contribution in [2.45, 2.75) is 5.03 Å². The molecule has 0 radical (unpaired) electrons. The number of methoxy groups -OCH3 is 2. The maximum atomic E-state index is 12.5. The topological polar surface area (TPSA) is 90.6 Å². The lowest BCUT2D eigenvalue weighted by atomic mass is 10.2. The number of amides is 1. The van der Waals surface area contributed by atoms with Crippen molar-refractivity contribution in [1.82, 2.24) is 19.6 Å². The summed E-state index contributed by atoms with van der Waals surface area (Å²) in [6, 6.07) is 12.9. The number of ether oxygens (including phenoxy) is 2. The van der Waals surface area contributed by atoms with E-state index in [1.165, 1.54) is 11.8 Å². The van der Waals surface area contributed by atoms with Gasteiger partial charge in [-0.05, 0) is 24.3 Å². The summed E-state index contributed by atoms with van der Waals surface area (Å²) in [5.74, 6) is 1.17. The molecule has 2 aromatic carbocycles. The predicted molar refractivity (Wildman–Crippen MR) is 107 cm³/mol. The predicted octanol–water partition coefficient (Wildman–Crippen LogP) is 3.03. The van der Waals surface area contributed by atoms with E-state index in [9.17, 15) is 4.79 Å². The first-order valence-electron chi connectivity index (χ1n) is 8.43. The fraction of sp³-hybridized carbons (Fsp3) is 0.158. The standard InChI is InChI=1S/C19H17N5O3S/c1-26-12-7-8-14(16(9-12)27-2)21-17(25)10-28-19-18-23-20-11-24(18)15-6-4-3-5-13(15)22-19/h3-9,11H,10H2,1-2H3,(H,21,25). The maximum absolute atomic E-state index is 12.5. The molecule has 0 fully saturated rings. The molecule has 0 aliphatic heterocycles.